The minimum Gasteiger partial charge on any atom is -0.462 e. The van der Waals surface area contributed by atoms with Gasteiger partial charge in [0.25, 0.3) is 0 Å². The van der Waals surface area contributed by atoms with Crippen molar-refractivity contribution in [2.75, 3.05) is 32.1 Å². The highest BCUT2D eigenvalue weighted by Gasteiger charge is 2.24. The van der Waals surface area contributed by atoms with Crippen molar-refractivity contribution >= 4 is 22.9 Å². The molecule has 0 aliphatic rings. The van der Waals surface area contributed by atoms with Crippen molar-refractivity contribution < 1.29 is 13.9 Å². The van der Waals surface area contributed by atoms with Crippen molar-refractivity contribution in [1.29, 1.82) is 0 Å². The fourth-order valence-corrected chi connectivity index (χ4v) is 3.13. The van der Waals surface area contributed by atoms with Crippen LogP contribution in [0.2, 0.25) is 0 Å². The Morgan fingerprint density at radius 3 is 2.68 bits per heavy atom. The van der Waals surface area contributed by atoms with Gasteiger partial charge >= 0.3 is 5.97 Å². The van der Waals surface area contributed by atoms with Crippen molar-refractivity contribution in [3.63, 3.8) is 0 Å². The summed E-state index contributed by atoms with van der Waals surface area (Å²) in [7, 11) is 2.07. The average Bonchev–Trinajstić information content (AvgIpc) is 2.98. The van der Waals surface area contributed by atoms with Crippen molar-refractivity contribution in [1.82, 2.24) is 14.9 Å². The number of aromatic nitrogens is 2. The number of benzene rings is 1. The highest BCUT2D eigenvalue weighted by Crippen LogP contribution is 2.30. The van der Waals surface area contributed by atoms with E-state index in [2.05, 4.69) is 39.4 Å². The molecule has 0 saturated heterocycles. The molecule has 0 bridgehead atoms. The van der Waals surface area contributed by atoms with E-state index >= 15 is 0 Å². The Labute approximate surface area is 164 Å². The van der Waals surface area contributed by atoms with Crippen LogP contribution in [0, 0.1) is 13.8 Å². The number of esters is 1. The summed E-state index contributed by atoms with van der Waals surface area (Å²) in [5.74, 6) is 1.24. The molecule has 0 radical (unpaired) electrons. The van der Waals surface area contributed by atoms with E-state index in [9.17, 15) is 4.79 Å². The van der Waals surface area contributed by atoms with E-state index in [-0.39, 0.29) is 0 Å². The zero-order valence-electron chi connectivity index (χ0n) is 16.8. The normalized spacial score (nSPS) is 11.2. The lowest BCUT2D eigenvalue weighted by molar-refractivity contribution is 0.0526. The summed E-state index contributed by atoms with van der Waals surface area (Å²) in [5.41, 5.74) is 2.05. The molecular formula is C21H26N4O3. The third-order valence-corrected chi connectivity index (χ3v) is 4.40. The molecule has 0 unspecified atom stereocenters. The Kier molecular flexibility index (Phi) is 6.26. The number of carbonyl (C=O) groups is 1. The second kappa shape index (κ2) is 8.84. The first-order valence-corrected chi connectivity index (χ1v) is 9.40. The molecule has 148 valence electrons. The molecule has 0 aliphatic heterocycles. The summed E-state index contributed by atoms with van der Waals surface area (Å²) in [5, 5.41) is 3.91. The van der Waals surface area contributed by atoms with E-state index in [0.29, 0.717) is 47.2 Å². The number of aryl methyl sites for hydroxylation is 2. The van der Waals surface area contributed by atoms with Gasteiger partial charge in [-0.05, 0) is 33.4 Å². The summed E-state index contributed by atoms with van der Waals surface area (Å²) in [6.07, 6.45) is 0. The van der Waals surface area contributed by atoms with Gasteiger partial charge < -0.3 is 19.4 Å². The quantitative estimate of drug-likeness (QED) is 0.597. The van der Waals surface area contributed by atoms with Gasteiger partial charge in [-0.25, -0.2) is 9.78 Å². The molecule has 0 aliphatic carbocycles. The summed E-state index contributed by atoms with van der Waals surface area (Å²) < 4.78 is 10.9. The fraction of sp³-hybridized carbons (Fsp3) is 0.381. The van der Waals surface area contributed by atoms with E-state index in [1.165, 1.54) is 5.56 Å². The number of rotatable bonds is 8. The van der Waals surface area contributed by atoms with Crippen LogP contribution >= 0.6 is 0 Å². The lowest BCUT2D eigenvalue weighted by Gasteiger charge is -2.17. The Hall–Kier alpha value is -2.93. The van der Waals surface area contributed by atoms with Gasteiger partial charge in [0.2, 0.25) is 5.71 Å². The van der Waals surface area contributed by atoms with Crippen LogP contribution in [-0.4, -0.2) is 47.6 Å². The molecule has 7 heteroatoms. The first kappa shape index (κ1) is 19.8. The van der Waals surface area contributed by atoms with Gasteiger partial charge in [0.1, 0.15) is 23.0 Å². The van der Waals surface area contributed by atoms with Gasteiger partial charge in [0, 0.05) is 19.6 Å². The lowest BCUT2D eigenvalue weighted by atomic mass is 10.2. The average molecular weight is 382 g/mol. The number of furan rings is 1. The van der Waals surface area contributed by atoms with Gasteiger partial charge in [-0.2, -0.15) is 4.98 Å². The van der Waals surface area contributed by atoms with Crippen LogP contribution in [0.1, 0.15) is 34.4 Å². The van der Waals surface area contributed by atoms with Crippen LogP contribution in [0.25, 0.3) is 11.1 Å². The molecule has 0 fully saturated rings. The molecule has 0 atom stereocenters. The molecule has 0 saturated carbocycles. The Balaban J connectivity index is 1.75. The van der Waals surface area contributed by atoms with Crippen LogP contribution < -0.4 is 5.32 Å². The molecule has 0 amide bonds. The maximum atomic E-state index is 12.4. The maximum Gasteiger partial charge on any atom is 0.342 e. The monoisotopic (exact) mass is 382 g/mol. The highest BCUT2D eigenvalue weighted by molar-refractivity contribution is 6.07. The van der Waals surface area contributed by atoms with Crippen LogP contribution in [0.15, 0.2) is 34.7 Å². The fourth-order valence-electron chi connectivity index (χ4n) is 3.13. The Morgan fingerprint density at radius 1 is 1.21 bits per heavy atom. The van der Waals surface area contributed by atoms with Crippen LogP contribution in [0.4, 0.5) is 5.82 Å². The van der Waals surface area contributed by atoms with Gasteiger partial charge in [-0.1, -0.05) is 30.3 Å². The minimum absolute atomic E-state index is 0.296. The first-order valence-electron chi connectivity index (χ1n) is 9.40. The standard InChI is InChI=1S/C21H26N4O3/c1-5-27-21(26)17-14(2)28-20-18(17)19(23-15(3)24-20)22-11-12-25(4)13-16-9-7-6-8-10-16/h6-10H,5,11-13H2,1-4H3,(H,22,23,24). The molecule has 3 aromatic rings. The second-order valence-corrected chi connectivity index (χ2v) is 6.70. The van der Waals surface area contributed by atoms with Gasteiger partial charge in [0.15, 0.2) is 0 Å². The Bertz CT molecular complexity index is 953. The second-order valence-electron chi connectivity index (χ2n) is 6.70. The summed E-state index contributed by atoms with van der Waals surface area (Å²) in [6, 6.07) is 10.3. The van der Waals surface area contributed by atoms with Gasteiger partial charge in [-0.15, -0.1) is 0 Å². The van der Waals surface area contributed by atoms with Crippen LogP contribution in [-0.2, 0) is 11.3 Å². The van der Waals surface area contributed by atoms with E-state index in [0.717, 1.165) is 13.1 Å². The summed E-state index contributed by atoms with van der Waals surface area (Å²) in [4.78, 5) is 23.4. The Morgan fingerprint density at radius 2 is 1.96 bits per heavy atom. The third-order valence-electron chi connectivity index (χ3n) is 4.40. The number of nitrogens with one attached hydrogen (secondary N) is 1. The molecule has 1 aromatic carbocycles. The molecule has 1 N–H and O–H groups in total. The van der Waals surface area contributed by atoms with Crippen molar-refractivity contribution in [2.24, 2.45) is 0 Å². The van der Waals surface area contributed by atoms with Crippen molar-refractivity contribution in [2.45, 2.75) is 27.3 Å². The molecular weight excluding hydrogens is 356 g/mol. The highest BCUT2D eigenvalue weighted by atomic mass is 16.5. The first-order chi connectivity index (χ1) is 13.5. The smallest absolute Gasteiger partial charge is 0.342 e. The zero-order chi connectivity index (χ0) is 20.1. The van der Waals surface area contributed by atoms with E-state index < -0.39 is 5.97 Å². The third kappa shape index (κ3) is 4.48. The summed E-state index contributed by atoms with van der Waals surface area (Å²) >= 11 is 0. The SMILES string of the molecule is CCOC(=O)c1c(C)oc2nc(C)nc(NCCN(C)Cc3ccccc3)c12. The molecule has 7 nitrogen and oxygen atoms in total. The summed E-state index contributed by atoms with van der Waals surface area (Å²) in [6.45, 7) is 7.95. The molecule has 2 heterocycles. The number of ether oxygens (including phenoxy) is 1. The lowest BCUT2D eigenvalue weighted by Crippen LogP contribution is -2.25. The van der Waals surface area contributed by atoms with Gasteiger partial charge in [0.05, 0.1) is 12.0 Å². The number of hydrogen-bond acceptors (Lipinski definition) is 7. The number of anilines is 1. The van der Waals surface area contributed by atoms with Crippen molar-refractivity contribution in [3.05, 3.63) is 53.0 Å². The number of hydrogen-bond donors (Lipinski definition) is 1. The predicted octanol–water partition coefficient (Wildman–Crippen LogP) is 3.56. The predicted molar refractivity (Wildman–Crippen MR) is 109 cm³/mol. The maximum absolute atomic E-state index is 12.4. The molecule has 0 spiro atoms. The zero-order valence-corrected chi connectivity index (χ0v) is 16.8. The van der Waals surface area contributed by atoms with E-state index in [1.807, 2.05) is 18.2 Å². The molecule has 3 rings (SSSR count). The molecule has 2 aromatic heterocycles. The molecule has 28 heavy (non-hydrogen) atoms. The van der Waals surface area contributed by atoms with Gasteiger partial charge in [-0.3, -0.25) is 0 Å². The number of likely N-dealkylation sites (N-methyl/N-ethyl adjacent to an activating group) is 1. The van der Waals surface area contributed by atoms with Crippen LogP contribution in [0.3, 0.4) is 0 Å². The number of fused-ring (bicyclic) bond motifs is 1. The van der Waals surface area contributed by atoms with Crippen molar-refractivity contribution in [3.8, 4) is 0 Å². The topological polar surface area (TPSA) is 80.5 Å². The number of carbonyl (C=O) groups excluding carboxylic acids is 1. The minimum atomic E-state index is -0.421. The van der Waals surface area contributed by atoms with E-state index in [4.69, 9.17) is 9.15 Å². The van der Waals surface area contributed by atoms with E-state index in [1.54, 1.807) is 20.8 Å². The van der Waals surface area contributed by atoms with Crippen LogP contribution in [0.5, 0.6) is 0 Å². The number of nitrogens with zero attached hydrogens (tertiary/aromatic N) is 3. The largest absolute Gasteiger partial charge is 0.462 e.